The summed E-state index contributed by atoms with van der Waals surface area (Å²) in [5.41, 5.74) is 4.41. The minimum absolute atomic E-state index is 0.0176. The van der Waals surface area contributed by atoms with Crippen LogP contribution in [0.5, 0.6) is 0 Å². The Morgan fingerprint density at radius 1 is 0.840 bits per heavy atom. The van der Waals surface area contributed by atoms with Crippen LogP contribution >= 0.6 is 0 Å². The number of para-hydroxylation sites is 1. The Morgan fingerprint density at radius 3 is 1.92 bits per heavy atom. The minimum atomic E-state index is -0.745. The van der Waals surface area contributed by atoms with Gasteiger partial charge in [-0.25, -0.2) is 0 Å². The first-order chi connectivity index (χ1) is 12.3. The molecule has 0 unspecified atom stereocenters. The molecule has 0 radical (unpaired) electrons. The van der Waals surface area contributed by atoms with Crippen molar-refractivity contribution in [3.63, 3.8) is 0 Å². The second kappa shape index (κ2) is 6.06. The van der Waals surface area contributed by atoms with Gasteiger partial charge in [-0.2, -0.15) is 0 Å². The highest BCUT2D eigenvalue weighted by atomic mass is 16.2. The smallest absolute Gasteiger partial charge is 0.239 e. The van der Waals surface area contributed by atoms with Crippen LogP contribution in [0.15, 0.2) is 91.5 Å². The molecule has 0 aromatic heterocycles. The van der Waals surface area contributed by atoms with Crippen molar-refractivity contribution < 1.29 is 4.79 Å². The molecular formula is C23H19NO. The molecule has 1 N–H and O–H groups in total. The summed E-state index contributed by atoms with van der Waals surface area (Å²) >= 11 is 0. The number of carbonyl (C=O) groups is 1. The van der Waals surface area contributed by atoms with E-state index in [0.717, 1.165) is 27.9 Å². The predicted molar refractivity (Wildman–Crippen MR) is 103 cm³/mol. The van der Waals surface area contributed by atoms with Gasteiger partial charge >= 0.3 is 0 Å². The van der Waals surface area contributed by atoms with Gasteiger partial charge in [-0.15, -0.1) is 6.58 Å². The van der Waals surface area contributed by atoms with E-state index in [1.807, 2.05) is 60.7 Å². The number of carbonyl (C=O) groups excluding carboxylic acids is 1. The quantitative estimate of drug-likeness (QED) is 0.659. The van der Waals surface area contributed by atoms with Gasteiger partial charge in [-0.05, 0) is 40.8 Å². The van der Waals surface area contributed by atoms with Crippen molar-refractivity contribution >= 4 is 11.6 Å². The first-order valence-corrected chi connectivity index (χ1v) is 8.44. The number of rotatable bonds is 4. The molecule has 122 valence electrons. The number of benzene rings is 3. The molecule has 1 aliphatic carbocycles. The van der Waals surface area contributed by atoms with Crippen LogP contribution in [0.25, 0.3) is 11.1 Å². The summed E-state index contributed by atoms with van der Waals surface area (Å²) < 4.78 is 0. The van der Waals surface area contributed by atoms with Crippen LogP contribution in [-0.2, 0) is 10.2 Å². The third kappa shape index (κ3) is 2.30. The minimum Gasteiger partial charge on any atom is -0.325 e. The van der Waals surface area contributed by atoms with E-state index in [4.69, 9.17) is 0 Å². The lowest BCUT2D eigenvalue weighted by atomic mass is 9.74. The van der Waals surface area contributed by atoms with Crippen LogP contribution in [0.3, 0.4) is 0 Å². The molecule has 0 saturated carbocycles. The topological polar surface area (TPSA) is 29.1 Å². The largest absolute Gasteiger partial charge is 0.325 e. The number of anilines is 1. The van der Waals surface area contributed by atoms with Crippen LogP contribution < -0.4 is 5.32 Å². The molecule has 0 saturated heterocycles. The van der Waals surface area contributed by atoms with Crippen LogP contribution in [0.1, 0.15) is 17.5 Å². The Bertz CT molecular complexity index is 898. The first-order valence-electron chi connectivity index (χ1n) is 8.44. The summed E-state index contributed by atoms with van der Waals surface area (Å²) in [7, 11) is 0. The van der Waals surface area contributed by atoms with Crippen molar-refractivity contribution in [1.82, 2.24) is 0 Å². The van der Waals surface area contributed by atoms with Crippen LogP contribution in [0, 0.1) is 0 Å². The molecular weight excluding hydrogens is 306 g/mol. The van der Waals surface area contributed by atoms with Gasteiger partial charge in [-0.1, -0.05) is 72.8 Å². The number of nitrogens with one attached hydrogen (secondary N) is 1. The van der Waals surface area contributed by atoms with Crippen LogP contribution in [-0.4, -0.2) is 5.91 Å². The molecule has 2 heteroatoms. The van der Waals surface area contributed by atoms with Crippen molar-refractivity contribution in [3.05, 3.63) is 103 Å². The lowest BCUT2D eigenvalue weighted by Gasteiger charge is -2.29. The number of hydrogen-bond donors (Lipinski definition) is 1. The lowest BCUT2D eigenvalue weighted by Crippen LogP contribution is -2.39. The SMILES string of the molecule is C=CCC1(C(=O)Nc2ccccc2)c2ccccc2-c2ccccc21. The standard InChI is InChI=1S/C23H19NO/c1-2-16-23(22(25)24-17-10-4-3-5-11-17)20-14-8-6-12-18(20)19-13-7-9-15-21(19)23/h2-15H,1,16H2,(H,24,25). The maximum atomic E-state index is 13.5. The van der Waals surface area contributed by atoms with E-state index < -0.39 is 5.41 Å². The fourth-order valence-electron chi connectivity index (χ4n) is 3.86. The highest BCUT2D eigenvalue weighted by Crippen LogP contribution is 2.51. The van der Waals surface area contributed by atoms with Crippen LogP contribution in [0.4, 0.5) is 5.69 Å². The van der Waals surface area contributed by atoms with Gasteiger partial charge in [0, 0.05) is 5.69 Å². The van der Waals surface area contributed by atoms with Crippen molar-refractivity contribution in [2.45, 2.75) is 11.8 Å². The van der Waals surface area contributed by atoms with Gasteiger partial charge < -0.3 is 5.32 Å². The molecule has 1 amide bonds. The van der Waals surface area contributed by atoms with Gasteiger partial charge in [-0.3, -0.25) is 4.79 Å². The Hall–Kier alpha value is -3.13. The van der Waals surface area contributed by atoms with E-state index >= 15 is 0 Å². The van der Waals surface area contributed by atoms with Gasteiger partial charge in [0.2, 0.25) is 5.91 Å². The van der Waals surface area contributed by atoms with Crippen molar-refractivity contribution in [1.29, 1.82) is 0 Å². The van der Waals surface area contributed by atoms with E-state index in [1.54, 1.807) is 0 Å². The number of allylic oxidation sites excluding steroid dienone is 1. The average Bonchev–Trinajstić information content (AvgIpc) is 2.95. The van der Waals surface area contributed by atoms with Crippen molar-refractivity contribution in [2.24, 2.45) is 0 Å². The van der Waals surface area contributed by atoms with Crippen molar-refractivity contribution in [3.8, 4) is 11.1 Å². The summed E-state index contributed by atoms with van der Waals surface area (Å²) in [5.74, 6) is -0.0176. The molecule has 4 rings (SSSR count). The molecule has 3 aromatic carbocycles. The van der Waals surface area contributed by atoms with E-state index in [-0.39, 0.29) is 5.91 Å². The normalized spacial score (nSPS) is 13.6. The molecule has 0 aliphatic heterocycles. The second-order valence-electron chi connectivity index (χ2n) is 6.31. The van der Waals surface area contributed by atoms with E-state index in [0.29, 0.717) is 6.42 Å². The fourth-order valence-corrected chi connectivity index (χ4v) is 3.86. The third-order valence-corrected chi connectivity index (χ3v) is 4.93. The highest BCUT2D eigenvalue weighted by molar-refractivity contribution is 6.07. The molecule has 0 atom stereocenters. The zero-order valence-corrected chi connectivity index (χ0v) is 13.9. The second-order valence-corrected chi connectivity index (χ2v) is 6.31. The van der Waals surface area contributed by atoms with E-state index in [1.165, 1.54) is 0 Å². The summed E-state index contributed by atoms with van der Waals surface area (Å²) in [6.45, 7) is 3.92. The Labute approximate surface area is 147 Å². The maximum Gasteiger partial charge on any atom is 0.239 e. The molecule has 0 heterocycles. The average molecular weight is 325 g/mol. The Morgan fingerprint density at radius 2 is 1.36 bits per heavy atom. The van der Waals surface area contributed by atoms with Gasteiger partial charge in [0.1, 0.15) is 5.41 Å². The lowest BCUT2D eigenvalue weighted by molar-refractivity contribution is -0.120. The van der Waals surface area contributed by atoms with Gasteiger partial charge in [0.15, 0.2) is 0 Å². The zero-order chi connectivity index (χ0) is 17.3. The van der Waals surface area contributed by atoms with Gasteiger partial charge in [0.25, 0.3) is 0 Å². The molecule has 0 fully saturated rings. The number of fused-ring (bicyclic) bond motifs is 3. The molecule has 0 spiro atoms. The van der Waals surface area contributed by atoms with Crippen LogP contribution in [0.2, 0.25) is 0 Å². The molecule has 2 nitrogen and oxygen atoms in total. The van der Waals surface area contributed by atoms with E-state index in [2.05, 4.69) is 36.2 Å². The number of hydrogen-bond acceptors (Lipinski definition) is 1. The van der Waals surface area contributed by atoms with Crippen molar-refractivity contribution in [2.75, 3.05) is 5.32 Å². The summed E-state index contributed by atoms with van der Waals surface area (Å²) in [6.07, 6.45) is 2.39. The maximum absolute atomic E-state index is 13.5. The summed E-state index contributed by atoms with van der Waals surface area (Å²) in [4.78, 5) is 13.5. The zero-order valence-electron chi connectivity index (χ0n) is 13.9. The van der Waals surface area contributed by atoms with E-state index in [9.17, 15) is 4.79 Å². The Balaban J connectivity index is 1.91. The number of amides is 1. The summed E-state index contributed by atoms with van der Waals surface area (Å²) in [6, 6.07) is 25.9. The third-order valence-electron chi connectivity index (χ3n) is 4.93. The first kappa shape index (κ1) is 15.4. The predicted octanol–water partition coefficient (Wildman–Crippen LogP) is 5.17. The summed E-state index contributed by atoms with van der Waals surface area (Å²) in [5, 5.41) is 3.10. The molecule has 3 aromatic rings. The molecule has 0 bridgehead atoms. The Kier molecular flexibility index (Phi) is 3.73. The highest BCUT2D eigenvalue weighted by Gasteiger charge is 2.48. The van der Waals surface area contributed by atoms with Gasteiger partial charge in [0.05, 0.1) is 0 Å². The molecule has 25 heavy (non-hydrogen) atoms. The monoisotopic (exact) mass is 325 g/mol. The molecule has 1 aliphatic rings. The fraction of sp³-hybridized carbons (Fsp3) is 0.0870.